The molecule has 1 saturated heterocycles. The van der Waals surface area contributed by atoms with Crippen LogP contribution in [0.1, 0.15) is 34.7 Å². The molecule has 2 unspecified atom stereocenters. The summed E-state index contributed by atoms with van der Waals surface area (Å²) in [4.78, 5) is 5.79. The van der Waals surface area contributed by atoms with E-state index in [0.717, 1.165) is 24.6 Å². The van der Waals surface area contributed by atoms with Crippen LogP contribution in [-0.4, -0.2) is 31.2 Å². The number of fused-ring (bicyclic) bond motifs is 3. The van der Waals surface area contributed by atoms with E-state index in [0.29, 0.717) is 23.5 Å². The molecule has 1 aromatic heterocycles. The molecule has 0 amide bonds. The zero-order chi connectivity index (χ0) is 20.1. The molecule has 3 heterocycles. The van der Waals surface area contributed by atoms with Crippen molar-refractivity contribution in [3.8, 4) is 6.07 Å². The van der Waals surface area contributed by atoms with E-state index in [1.54, 1.807) is 31.0 Å². The van der Waals surface area contributed by atoms with Crippen molar-refractivity contribution < 1.29 is 13.2 Å². The lowest BCUT2D eigenvalue weighted by molar-refractivity contribution is -0.137. The maximum Gasteiger partial charge on any atom is 0.418 e. The van der Waals surface area contributed by atoms with Crippen molar-refractivity contribution in [3.63, 3.8) is 0 Å². The quantitative estimate of drug-likeness (QED) is 0.818. The van der Waals surface area contributed by atoms with Gasteiger partial charge in [0.15, 0.2) is 5.69 Å². The molecule has 4 rings (SSSR count). The smallest absolute Gasteiger partial charge is 0.370 e. The number of benzene rings is 1. The number of piperidine rings is 1. The Morgan fingerprint density at radius 2 is 2.14 bits per heavy atom. The Labute approximate surface area is 161 Å². The summed E-state index contributed by atoms with van der Waals surface area (Å²) in [6, 6.07) is 6.68. The highest BCUT2D eigenvalue weighted by atomic mass is 19.4. The Balaban J connectivity index is 1.85. The molecule has 2 aliphatic rings. The van der Waals surface area contributed by atoms with Crippen molar-refractivity contribution in [3.05, 3.63) is 46.8 Å². The third kappa shape index (κ3) is 2.96. The number of pyridine rings is 1. The van der Waals surface area contributed by atoms with Gasteiger partial charge in [-0.2, -0.15) is 18.4 Å². The topological polar surface area (TPSA) is 64.0 Å². The van der Waals surface area contributed by atoms with Crippen LogP contribution in [0.4, 0.5) is 30.2 Å². The van der Waals surface area contributed by atoms with E-state index in [2.05, 4.69) is 15.6 Å². The van der Waals surface area contributed by atoms with Gasteiger partial charge >= 0.3 is 6.18 Å². The first-order chi connectivity index (χ1) is 13.3. The predicted octanol–water partition coefficient (Wildman–Crippen LogP) is 3.92. The molecule has 0 bridgehead atoms. The van der Waals surface area contributed by atoms with E-state index < -0.39 is 11.7 Å². The molecule has 8 heteroatoms. The van der Waals surface area contributed by atoms with Crippen LogP contribution in [0.3, 0.4) is 0 Å². The number of nitriles is 1. The molecule has 5 nitrogen and oxygen atoms in total. The third-order valence-corrected chi connectivity index (χ3v) is 5.67. The maximum absolute atomic E-state index is 13.9. The van der Waals surface area contributed by atoms with Gasteiger partial charge in [0.2, 0.25) is 0 Å². The Morgan fingerprint density at radius 3 is 2.86 bits per heavy atom. The van der Waals surface area contributed by atoms with Gasteiger partial charge in [-0.1, -0.05) is 0 Å². The van der Waals surface area contributed by atoms with Crippen molar-refractivity contribution in [1.82, 2.24) is 10.3 Å². The first-order valence-electron chi connectivity index (χ1n) is 9.12. The number of halogens is 3. The summed E-state index contributed by atoms with van der Waals surface area (Å²) in [7, 11) is 1.75. The second kappa shape index (κ2) is 6.67. The van der Waals surface area contributed by atoms with Crippen molar-refractivity contribution in [2.45, 2.75) is 31.5 Å². The van der Waals surface area contributed by atoms with Crippen LogP contribution in [0.5, 0.6) is 0 Å². The van der Waals surface area contributed by atoms with E-state index in [1.807, 2.05) is 6.07 Å². The van der Waals surface area contributed by atoms with E-state index in [4.69, 9.17) is 0 Å². The average Bonchev–Trinajstić information content (AvgIpc) is 2.95. The Hall–Kier alpha value is -2.79. The molecule has 1 fully saturated rings. The minimum absolute atomic E-state index is 0.00188. The summed E-state index contributed by atoms with van der Waals surface area (Å²) in [5.41, 5.74) is 1.96. The van der Waals surface area contributed by atoms with Crippen LogP contribution in [0.15, 0.2) is 24.4 Å². The second-order valence-electron chi connectivity index (χ2n) is 7.33. The summed E-state index contributed by atoms with van der Waals surface area (Å²) in [6.07, 6.45) is -2.16. The van der Waals surface area contributed by atoms with Crippen LogP contribution in [0.2, 0.25) is 0 Å². The normalized spacial score (nSPS) is 21.1. The highest BCUT2D eigenvalue weighted by molar-refractivity contribution is 5.76. The highest BCUT2D eigenvalue weighted by Crippen LogP contribution is 2.50. The molecule has 0 saturated carbocycles. The van der Waals surface area contributed by atoms with Gasteiger partial charge in [-0.05, 0) is 49.2 Å². The minimum Gasteiger partial charge on any atom is -0.370 e. The van der Waals surface area contributed by atoms with Crippen LogP contribution in [0, 0.1) is 18.3 Å². The number of hydrogen-bond acceptors (Lipinski definition) is 5. The molecule has 0 spiro atoms. The third-order valence-electron chi connectivity index (χ3n) is 5.67. The van der Waals surface area contributed by atoms with Gasteiger partial charge in [-0.25, -0.2) is 4.98 Å². The lowest BCUT2D eigenvalue weighted by Crippen LogP contribution is -2.42. The first-order valence-corrected chi connectivity index (χ1v) is 9.12. The van der Waals surface area contributed by atoms with Crippen LogP contribution in [0.25, 0.3) is 0 Å². The Bertz CT molecular complexity index is 964. The molecule has 28 heavy (non-hydrogen) atoms. The molecule has 146 valence electrons. The maximum atomic E-state index is 13.9. The van der Waals surface area contributed by atoms with E-state index in [-0.39, 0.29) is 23.3 Å². The molecule has 2 N–H and O–H groups in total. The van der Waals surface area contributed by atoms with Gasteiger partial charge in [0.05, 0.1) is 16.9 Å². The Morgan fingerprint density at radius 1 is 1.36 bits per heavy atom. The van der Waals surface area contributed by atoms with Crippen molar-refractivity contribution in [2.24, 2.45) is 0 Å². The van der Waals surface area contributed by atoms with Gasteiger partial charge in [-0.3, -0.25) is 0 Å². The zero-order valence-electron chi connectivity index (χ0n) is 15.6. The summed E-state index contributed by atoms with van der Waals surface area (Å²) in [6.45, 7) is 3.24. The van der Waals surface area contributed by atoms with Gasteiger partial charge in [-0.15, -0.1) is 0 Å². The number of aryl methyl sites for hydroxylation is 1. The monoisotopic (exact) mass is 387 g/mol. The van der Waals surface area contributed by atoms with E-state index >= 15 is 0 Å². The summed E-state index contributed by atoms with van der Waals surface area (Å²) in [5.74, 6) is 0.00188. The minimum atomic E-state index is -4.47. The summed E-state index contributed by atoms with van der Waals surface area (Å²) >= 11 is 0. The first kappa shape index (κ1) is 18.6. The molecule has 2 aromatic rings. The summed E-state index contributed by atoms with van der Waals surface area (Å²) < 4.78 is 41.7. The fraction of sp³-hybridized carbons (Fsp3) is 0.400. The second-order valence-corrected chi connectivity index (χ2v) is 7.33. The summed E-state index contributed by atoms with van der Waals surface area (Å²) in [5, 5.41) is 15.6. The standard InChI is InChI=1S/C20H20F3N5/c1-11-3-6-26-16(9-24)18(11)27-12-7-13-14-10-25-5-4-17(14)28(2)19(13)15(8-12)20(21,22)23/h3,6-8,14,17,25,27H,4-5,10H2,1-2H3. The number of hydrogen-bond donors (Lipinski definition) is 2. The predicted molar refractivity (Wildman–Crippen MR) is 101 cm³/mol. The fourth-order valence-electron chi connectivity index (χ4n) is 4.36. The molecular formula is C20H20F3N5. The van der Waals surface area contributed by atoms with E-state index in [1.165, 1.54) is 6.20 Å². The van der Waals surface area contributed by atoms with Gasteiger partial charge in [0.25, 0.3) is 0 Å². The van der Waals surface area contributed by atoms with Crippen LogP contribution >= 0.6 is 0 Å². The molecule has 2 aliphatic heterocycles. The number of alkyl halides is 3. The molecule has 0 radical (unpaired) electrons. The molecule has 2 atom stereocenters. The SMILES string of the molecule is Cc1ccnc(C#N)c1Nc1cc2c(c(C(F)(F)F)c1)N(C)C1CCNCC21. The molecule has 0 aliphatic carbocycles. The van der Waals surface area contributed by atoms with Gasteiger partial charge in [0, 0.05) is 37.4 Å². The lowest BCUT2D eigenvalue weighted by atomic mass is 9.89. The number of nitrogens with one attached hydrogen (secondary N) is 2. The van der Waals surface area contributed by atoms with Crippen molar-refractivity contribution in [2.75, 3.05) is 30.4 Å². The number of nitrogens with zero attached hydrogens (tertiary/aromatic N) is 3. The van der Waals surface area contributed by atoms with Crippen molar-refractivity contribution >= 4 is 17.1 Å². The number of likely N-dealkylation sites (N-methyl/N-ethyl adjacent to an activating group) is 1. The number of aromatic nitrogens is 1. The van der Waals surface area contributed by atoms with Crippen LogP contribution < -0.4 is 15.5 Å². The van der Waals surface area contributed by atoms with Gasteiger partial charge < -0.3 is 15.5 Å². The zero-order valence-corrected chi connectivity index (χ0v) is 15.6. The Kier molecular flexibility index (Phi) is 4.42. The highest BCUT2D eigenvalue weighted by Gasteiger charge is 2.45. The molecule has 1 aromatic carbocycles. The number of rotatable bonds is 2. The van der Waals surface area contributed by atoms with E-state index in [9.17, 15) is 18.4 Å². The van der Waals surface area contributed by atoms with Crippen LogP contribution in [-0.2, 0) is 6.18 Å². The average molecular weight is 387 g/mol. The largest absolute Gasteiger partial charge is 0.418 e. The number of anilines is 3. The lowest BCUT2D eigenvalue weighted by Gasteiger charge is -2.31. The fourth-order valence-corrected chi connectivity index (χ4v) is 4.36. The van der Waals surface area contributed by atoms with Crippen molar-refractivity contribution in [1.29, 1.82) is 5.26 Å². The van der Waals surface area contributed by atoms with Gasteiger partial charge in [0.1, 0.15) is 6.07 Å². The molecular weight excluding hydrogens is 367 g/mol.